The summed E-state index contributed by atoms with van der Waals surface area (Å²) < 4.78 is 0. The van der Waals surface area contributed by atoms with Gasteiger partial charge in [-0.25, -0.2) is 0 Å². The van der Waals surface area contributed by atoms with Crippen LogP contribution in [0.25, 0.3) is 0 Å². The van der Waals surface area contributed by atoms with Gasteiger partial charge in [0.1, 0.15) is 0 Å². The third-order valence-corrected chi connectivity index (χ3v) is 4.55. The summed E-state index contributed by atoms with van der Waals surface area (Å²) in [5, 5.41) is 2.74. The lowest BCUT2D eigenvalue weighted by Gasteiger charge is -2.21. The quantitative estimate of drug-likeness (QED) is 0.788. The third-order valence-electron chi connectivity index (χ3n) is 4.55. The largest absolute Gasteiger partial charge is 0.347 e. The molecule has 0 saturated heterocycles. The standard InChI is InChI=1S/C18H27N3O2.ClH/c1-2-21(13-14-7-4-3-5-8-14)18(23)12-20-17(22)11-15-9-6-10-16(15)19;/h3-5,7-8,15-16H,2,6,9-13,19H2,1H3,(H,20,22);1H/t15-,16+;/m0./s1. The molecule has 0 bridgehead atoms. The smallest absolute Gasteiger partial charge is 0.242 e. The second-order valence-corrected chi connectivity index (χ2v) is 6.23. The van der Waals surface area contributed by atoms with Crippen molar-refractivity contribution in [1.29, 1.82) is 0 Å². The zero-order valence-electron chi connectivity index (χ0n) is 14.2. The van der Waals surface area contributed by atoms with Gasteiger partial charge in [-0.3, -0.25) is 9.59 Å². The number of likely N-dealkylation sites (N-methyl/N-ethyl adjacent to an activating group) is 1. The highest BCUT2D eigenvalue weighted by molar-refractivity contribution is 5.85. The number of benzene rings is 1. The van der Waals surface area contributed by atoms with E-state index in [1.807, 2.05) is 37.3 Å². The SMILES string of the molecule is CCN(Cc1ccccc1)C(=O)CNC(=O)C[C@@H]1CCC[C@H]1N.Cl. The number of nitrogens with one attached hydrogen (secondary N) is 1. The highest BCUT2D eigenvalue weighted by Gasteiger charge is 2.26. The molecule has 2 rings (SSSR count). The lowest BCUT2D eigenvalue weighted by molar-refractivity contribution is -0.133. The highest BCUT2D eigenvalue weighted by Crippen LogP contribution is 2.26. The number of rotatable bonds is 7. The van der Waals surface area contributed by atoms with Crippen LogP contribution in [0.1, 0.15) is 38.2 Å². The van der Waals surface area contributed by atoms with Gasteiger partial charge < -0.3 is 16.0 Å². The molecule has 2 amide bonds. The van der Waals surface area contributed by atoms with Crippen LogP contribution in [0.2, 0.25) is 0 Å². The number of nitrogens with zero attached hydrogens (tertiary/aromatic N) is 1. The molecule has 0 aromatic heterocycles. The molecular weight excluding hydrogens is 326 g/mol. The maximum atomic E-state index is 12.3. The molecule has 0 aliphatic heterocycles. The lowest BCUT2D eigenvalue weighted by atomic mass is 10.00. The summed E-state index contributed by atoms with van der Waals surface area (Å²) in [5.74, 6) is 0.133. The van der Waals surface area contributed by atoms with Gasteiger partial charge in [-0.1, -0.05) is 36.8 Å². The van der Waals surface area contributed by atoms with E-state index in [1.54, 1.807) is 4.90 Å². The Morgan fingerprint density at radius 3 is 2.54 bits per heavy atom. The minimum absolute atomic E-state index is 0. The first-order valence-electron chi connectivity index (χ1n) is 8.44. The Morgan fingerprint density at radius 2 is 1.96 bits per heavy atom. The molecule has 1 saturated carbocycles. The van der Waals surface area contributed by atoms with Crippen LogP contribution in [0.4, 0.5) is 0 Å². The maximum Gasteiger partial charge on any atom is 0.242 e. The molecule has 0 heterocycles. The molecule has 0 radical (unpaired) electrons. The van der Waals surface area contributed by atoms with E-state index in [0.717, 1.165) is 24.8 Å². The van der Waals surface area contributed by atoms with Gasteiger partial charge in [0, 0.05) is 25.6 Å². The van der Waals surface area contributed by atoms with Crippen molar-refractivity contribution in [2.24, 2.45) is 11.7 Å². The molecular formula is C18H28ClN3O2. The first kappa shape index (κ1) is 20.5. The summed E-state index contributed by atoms with van der Waals surface area (Å²) in [6, 6.07) is 9.99. The van der Waals surface area contributed by atoms with E-state index in [1.165, 1.54) is 0 Å². The molecule has 6 heteroatoms. The number of carbonyl (C=O) groups excluding carboxylic acids is 2. The van der Waals surface area contributed by atoms with E-state index < -0.39 is 0 Å². The van der Waals surface area contributed by atoms with E-state index in [-0.39, 0.29) is 42.7 Å². The molecule has 5 nitrogen and oxygen atoms in total. The molecule has 0 unspecified atom stereocenters. The van der Waals surface area contributed by atoms with Crippen molar-refractivity contribution in [3.63, 3.8) is 0 Å². The average Bonchev–Trinajstić information content (AvgIpc) is 2.96. The van der Waals surface area contributed by atoms with Crippen LogP contribution in [-0.2, 0) is 16.1 Å². The molecule has 3 N–H and O–H groups in total. The van der Waals surface area contributed by atoms with Crippen molar-refractivity contribution in [3.05, 3.63) is 35.9 Å². The molecule has 2 atom stereocenters. The van der Waals surface area contributed by atoms with Gasteiger partial charge in [0.25, 0.3) is 0 Å². The van der Waals surface area contributed by atoms with Gasteiger partial charge in [-0.05, 0) is 31.2 Å². The van der Waals surface area contributed by atoms with Crippen LogP contribution in [-0.4, -0.2) is 35.8 Å². The van der Waals surface area contributed by atoms with Crippen molar-refractivity contribution >= 4 is 24.2 Å². The molecule has 0 spiro atoms. The summed E-state index contributed by atoms with van der Waals surface area (Å²) in [6.45, 7) is 3.19. The predicted molar refractivity (Wildman–Crippen MR) is 97.7 cm³/mol. The van der Waals surface area contributed by atoms with E-state index in [4.69, 9.17) is 5.73 Å². The van der Waals surface area contributed by atoms with Crippen LogP contribution in [0, 0.1) is 5.92 Å². The Kier molecular flexibility index (Phi) is 8.79. The minimum atomic E-state index is -0.0727. The van der Waals surface area contributed by atoms with Gasteiger partial charge in [-0.15, -0.1) is 12.4 Å². The molecule has 1 aromatic rings. The Labute approximate surface area is 150 Å². The zero-order chi connectivity index (χ0) is 16.7. The lowest BCUT2D eigenvalue weighted by Crippen LogP contribution is -2.40. The van der Waals surface area contributed by atoms with E-state index in [2.05, 4.69) is 5.32 Å². The van der Waals surface area contributed by atoms with E-state index in [9.17, 15) is 9.59 Å². The van der Waals surface area contributed by atoms with Gasteiger partial charge in [0.15, 0.2) is 0 Å². The highest BCUT2D eigenvalue weighted by atomic mass is 35.5. The number of carbonyl (C=O) groups is 2. The average molecular weight is 354 g/mol. The summed E-state index contributed by atoms with van der Waals surface area (Å²) in [4.78, 5) is 26.0. The summed E-state index contributed by atoms with van der Waals surface area (Å²) in [7, 11) is 0. The maximum absolute atomic E-state index is 12.3. The van der Waals surface area contributed by atoms with Crippen LogP contribution in [0.15, 0.2) is 30.3 Å². The van der Waals surface area contributed by atoms with Gasteiger partial charge >= 0.3 is 0 Å². The molecule has 24 heavy (non-hydrogen) atoms. The number of halogens is 1. The Bertz CT molecular complexity index is 524. The number of nitrogens with two attached hydrogens (primary N) is 1. The molecule has 1 aliphatic rings. The summed E-state index contributed by atoms with van der Waals surface area (Å²) in [5.41, 5.74) is 7.07. The number of hydrogen-bond donors (Lipinski definition) is 2. The zero-order valence-corrected chi connectivity index (χ0v) is 15.1. The summed E-state index contributed by atoms with van der Waals surface area (Å²) >= 11 is 0. The molecule has 1 aliphatic carbocycles. The fourth-order valence-corrected chi connectivity index (χ4v) is 3.10. The van der Waals surface area contributed by atoms with Gasteiger partial charge in [-0.2, -0.15) is 0 Å². The summed E-state index contributed by atoms with van der Waals surface area (Å²) in [6.07, 6.45) is 3.53. The van der Waals surface area contributed by atoms with Crippen molar-refractivity contribution in [1.82, 2.24) is 10.2 Å². The molecule has 134 valence electrons. The van der Waals surface area contributed by atoms with Crippen LogP contribution in [0.5, 0.6) is 0 Å². The van der Waals surface area contributed by atoms with Crippen molar-refractivity contribution in [2.75, 3.05) is 13.1 Å². The fourth-order valence-electron chi connectivity index (χ4n) is 3.10. The van der Waals surface area contributed by atoms with E-state index in [0.29, 0.717) is 19.5 Å². The topological polar surface area (TPSA) is 75.4 Å². The Hall–Kier alpha value is -1.59. The third kappa shape index (κ3) is 6.13. The number of amides is 2. The second kappa shape index (κ2) is 10.3. The number of hydrogen-bond acceptors (Lipinski definition) is 3. The normalized spacial score (nSPS) is 19.4. The monoisotopic (exact) mass is 353 g/mol. The molecule has 1 fully saturated rings. The van der Waals surface area contributed by atoms with Crippen molar-refractivity contribution in [2.45, 2.75) is 45.2 Å². The van der Waals surface area contributed by atoms with Gasteiger partial charge in [0.2, 0.25) is 11.8 Å². The Balaban J connectivity index is 0.00000288. The molecule has 1 aromatic carbocycles. The second-order valence-electron chi connectivity index (χ2n) is 6.23. The fraction of sp³-hybridized carbons (Fsp3) is 0.556. The predicted octanol–water partition coefficient (Wildman–Crippen LogP) is 2.09. The van der Waals surface area contributed by atoms with Crippen LogP contribution in [0.3, 0.4) is 0 Å². The van der Waals surface area contributed by atoms with Gasteiger partial charge in [0.05, 0.1) is 6.54 Å². The van der Waals surface area contributed by atoms with Crippen molar-refractivity contribution in [3.8, 4) is 0 Å². The van der Waals surface area contributed by atoms with E-state index >= 15 is 0 Å². The van der Waals surface area contributed by atoms with Crippen LogP contribution >= 0.6 is 12.4 Å². The Morgan fingerprint density at radius 1 is 1.25 bits per heavy atom. The van der Waals surface area contributed by atoms with Crippen molar-refractivity contribution < 1.29 is 9.59 Å². The first-order chi connectivity index (χ1) is 11.1. The first-order valence-corrected chi connectivity index (χ1v) is 8.44. The minimum Gasteiger partial charge on any atom is -0.347 e. The van der Waals surface area contributed by atoms with Crippen LogP contribution < -0.4 is 11.1 Å².